The Hall–Kier alpha value is -3.87. The molecule has 3 aliphatic rings. The quantitative estimate of drug-likeness (QED) is 0.616. The summed E-state index contributed by atoms with van der Waals surface area (Å²) >= 11 is 0. The lowest BCUT2D eigenvalue weighted by Gasteiger charge is -2.29. The van der Waals surface area contributed by atoms with Crippen molar-refractivity contribution in [3.63, 3.8) is 0 Å². The number of rotatable bonds is 7. The van der Waals surface area contributed by atoms with Gasteiger partial charge in [-0.25, -0.2) is 0 Å². The van der Waals surface area contributed by atoms with Crippen molar-refractivity contribution in [2.24, 2.45) is 5.92 Å². The number of benzene rings is 2. The molecular weight excluding hydrogens is 444 g/mol. The van der Waals surface area contributed by atoms with Gasteiger partial charge in [0.2, 0.25) is 11.8 Å². The Morgan fingerprint density at radius 3 is 2.43 bits per heavy atom. The second kappa shape index (κ2) is 9.78. The van der Waals surface area contributed by atoms with Crippen LogP contribution in [0.15, 0.2) is 66.5 Å². The highest BCUT2D eigenvalue weighted by Crippen LogP contribution is 2.34. The Morgan fingerprint density at radius 2 is 1.74 bits per heavy atom. The lowest BCUT2D eigenvalue weighted by Crippen LogP contribution is -2.52. The van der Waals surface area contributed by atoms with Gasteiger partial charge in [0, 0.05) is 17.5 Å². The van der Waals surface area contributed by atoms with Crippen LogP contribution in [0.3, 0.4) is 0 Å². The van der Waals surface area contributed by atoms with Crippen molar-refractivity contribution in [2.75, 3.05) is 0 Å². The molecule has 3 amide bonds. The number of carbonyl (C=O) groups excluding carboxylic acids is 3. The van der Waals surface area contributed by atoms with Gasteiger partial charge in [0.05, 0.1) is 6.54 Å². The highest BCUT2D eigenvalue weighted by molar-refractivity contribution is 6.05. The number of hydrogen-bond acceptors (Lipinski definition) is 5. The first kappa shape index (κ1) is 22.9. The average Bonchev–Trinajstić information content (AvgIpc) is 3.20. The first-order chi connectivity index (χ1) is 17.0. The summed E-state index contributed by atoms with van der Waals surface area (Å²) in [5, 5.41) is 2.33. The number of carbonyl (C=O) groups is 3. The second-order valence-electron chi connectivity index (χ2n) is 9.25. The molecule has 2 aromatic rings. The summed E-state index contributed by atoms with van der Waals surface area (Å²) in [6, 6.07) is 12.8. The highest BCUT2D eigenvalue weighted by Gasteiger charge is 2.40. The predicted octanol–water partition coefficient (Wildman–Crippen LogP) is 4.02. The Kier molecular flexibility index (Phi) is 6.40. The van der Waals surface area contributed by atoms with Crippen LogP contribution in [0.25, 0.3) is 0 Å². The van der Waals surface area contributed by atoms with Gasteiger partial charge in [-0.05, 0) is 54.2 Å². The summed E-state index contributed by atoms with van der Waals surface area (Å²) in [5.41, 5.74) is 3.39. The standard InChI is InChI=1S/C28H28N2O5/c1-18-5-11-21(12-6-18)34-16-19-7-9-20(10-8-19)17-35-25-4-2-3-22-23(25)15-30(28(22)33)24-13-14-26(31)29-27(24)32/h2-5,7-12,18,24H,6,13-17H2,1H3,(H,29,31,32). The van der Waals surface area contributed by atoms with Crippen LogP contribution in [0.1, 0.15) is 53.2 Å². The Bertz CT molecular complexity index is 1210. The van der Waals surface area contributed by atoms with Crippen molar-refractivity contribution >= 4 is 17.7 Å². The number of imide groups is 1. The molecule has 7 heteroatoms. The summed E-state index contributed by atoms with van der Waals surface area (Å²) in [6.45, 7) is 3.34. The molecule has 1 saturated heterocycles. The Balaban J connectivity index is 1.20. The van der Waals surface area contributed by atoms with Crippen LogP contribution in [-0.2, 0) is 34.1 Å². The molecule has 0 radical (unpaired) electrons. The van der Waals surface area contributed by atoms with Gasteiger partial charge in [0.1, 0.15) is 30.8 Å². The monoisotopic (exact) mass is 472 g/mol. The maximum atomic E-state index is 13.0. The van der Waals surface area contributed by atoms with Crippen molar-refractivity contribution < 1.29 is 23.9 Å². The van der Waals surface area contributed by atoms with E-state index in [0.29, 0.717) is 36.9 Å². The minimum absolute atomic E-state index is 0.207. The SMILES string of the molecule is CC1C=CC(OCc2ccc(COc3cccc4c3CN(C3CCC(=O)NC3=O)C4=O)cc2)=CC1. The van der Waals surface area contributed by atoms with Gasteiger partial charge in [-0.15, -0.1) is 0 Å². The van der Waals surface area contributed by atoms with Crippen molar-refractivity contribution in [2.45, 2.75) is 52.0 Å². The largest absolute Gasteiger partial charge is 0.489 e. The molecule has 1 fully saturated rings. The molecule has 2 aromatic carbocycles. The Morgan fingerprint density at radius 1 is 1.00 bits per heavy atom. The summed E-state index contributed by atoms with van der Waals surface area (Å²) in [6.07, 6.45) is 7.88. The van der Waals surface area contributed by atoms with Crippen molar-refractivity contribution in [1.82, 2.24) is 10.2 Å². The minimum atomic E-state index is -0.640. The minimum Gasteiger partial charge on any atom is -0.489 e. The number of fused-ring (bicyclic) bond motifs is 1. The van der Waals surface area contributed by atoms with Gasteiger partial charge in [0.15, 0.2) is 0 Å². The van der Waals surface area contributed by atoms with Crippen LogP contribution in [0.5, 0.6) is 5.75 Å². The molecule has 2 atom stereocenters. The number of piperidine rings is 1. The second-order valence-corrected chi connectivity index (χ2v) is 9.25. The molecule has 2 unspecified atom stereocenters. The van der Waals surface area contributed by atoms with E-state index >= 15 is 0 Å². The number of nitrogens with zero attached hydrogens (tertiary/aromatic N) is 1. The van der Waals surface area contributed by atoms with E-state index in [9.17, 15) is 14.4 Å². The van der Waals surface area contributed by atoms with Gasteiger partial charge in [-0.3, -0.25) is 19.7 Å². The molecule has 2 heterocycles. The number of ether oxygens (including phenoxy) is 2. The van der Waals surface area contributed by atoms with Crippen molar-refractivity contribution in [3.05, 3.63) is 88.7 Å². The topological polar surface area (TPSA) is 84.9 Å². The van der Waals surface area contributed by atoms with Crippen molar-refractivity contribution in [1.29, 1.82) is 0 Å². The van der Waals surface area contributed by atoms with Crippen molar-refractivity contribution in [3.8, 4) is 5.75 Å². The van der Waals surface area contributed by atoms with Gasteiger partial charge in [-0.2, -0.15) is 0 Å². The molecule has 0 bridgehead atoms. The zero-order valence-corrected chi connectivity index (χ0v) is 19.7. The molecule has 0 spiro atoms. The van der Waals surface area contributed by atoms with E-state index in [4.69, 9.17) is 9.47 Å². The van der Waals surface area contributed by atoms with Crippen LogP contribution in [0, 0.1) is 5.92 Å². The number of nitrogens with one attached hydrogen (secondary N) is 1. The van der Waals surface area contributed by atoms with E-state index in [1.54, 1.807) is 12.1 Å². The molecule has 180 valence electrons. The molecule has 5 rings (SSSR count). The van der Waals surface area contributed by atoms with E-state index in [1.807, 2.05) is 36.4 Å². The maximum Gasteiger partial charge on any atom is 0.255 e. The summed E-state index contributed by atoms with van der Waals surface area (Å²) in [4.78, 5) is 38.3. The third kappa shape index (κ3) is 4.99. The lowest BCUT2D eigenvalue weighted by atomic mass is 10.0. The first-order valence-corrected chi connectivity index (χ1v) is 12.0. The van der Waals surface area contributed by atoms with Crippen LogP contribution < -0.4 is 10.1 Å². The summed E-state index contributed by atoms with van der Waals surface area (Å²) < 4.78 is 12.0. The molecule has 35 heavy (non-hydrogen) atoms. The molecule has 0 aromatic heterocycles. The van der Waals surface area contributed by atoms with E-state index in [0.717, 1.165) is 28.9 Å². The fraction of sp³-hybridized carbons (Fsp3) is 0.321. The lowest BCUT2D eigenvalue weighted by molar-refractivity contribution is -0.136. The first-order valence-electron chi connectivity index (χ1n) is 12.0. The summed E-state index contributed by atoms with van der Waals surface area (Å²) in [7, 11) is 0. The van der Waals surface area contributed by atoms with E-state index < -0.39 is 11.9 Å². The zero-order valence-electron chi connectivity index (χ0n) is 19.7. The third-order valence-electron chi connectivity index (χ3n) is 6.64. The van der Waals surface area contributed by atoms with Gasteiger partial charge in [-0.1, -0.05) is 43.3 Å². The maximum absolute atomic E-state index is 13.0. The van der Waals surface area contributed by atoms with Gasteiger partial charge >= 0.3 is 0 Å². The number of hydrogen-bond donors (Lipinski definition) is 1. The highest BCUT2D eigenvalue weighted by atomic mass is 16.5. The zero-order chi connectivity index (χ0) is 24.4. The van der Waals surface area contributed by atoms with Crippen LogP contribution in [-0.4, -0.2) is 28.7 Å². The molecule has 1 aliphatic carbocycles. The molecule has 1 N–H and O–H groups in total. The smallest absolute Gasteiger partial charge is 0.255 e. The molecule has 7 nitrogen and oxygen atoms in total. The van der Waals surface area contributed by atoms with E-state index in [-0.39, 0.29) is 24.8 Å². The number of amides is 3. The van der Waals surface area contributed by atoms with Gasteiger partial charge < -0.3 is 14.4 Å². The van der Waals surface area contributed by atoms with E-state index in [1.165, 1.54) is 4.90 Å². The fourth-order valence-corrected chi connectivity index (χ4v) is 4.57. The Labute approximate surface area is 204 Å². The molecular formula is C28H28N2O5. The molecule has 0 saturated carbocycles. The van der Waals surface area contributed by atoms with Crippen LogP contribution in [0.4, 0.5) is 0 Å². The third-order valence-corrected chi connectivity index (χ3v) is 6.64. The van der Waals surface area contributed by atoms with Crippen LogP contribution in [0.2, 0.25) is 0 Å². The van der Waals surface area contributed by atoms with Gasteiger partial charge in [0.25, 0.3) is 5.91 Å². The molecule has 2 aliphatic heterocycles. The van der Waals surface area contributed by atoms with Crippen LogP contribution >= 0.6 is 0 Å². The summed E-state index contributed by atoms with van der Waals surface area (Å²) in [5.74, 6) is 1.18. The normalized spacial score (nSPS) is 21.5. The van der Waals surface area contributed by atoms with E-state index in [2.05, 4.69) is 24.4 Å². The predicted molar refractivity (Wildman–Crippen MR) is 129 cm³/mol. The number of allylic oxidation sites excluding steroid dienone is 3. The fourth-order valence-electron chi connectivity index (χ4n) is 4.57. The average molecular weight is 473 g/mol.